The molecule has 0 saturated carbocycles. The Morgan fingerprint density at radius 1 is 1.09 bits per heavy atom. The maximum atomic E-state index is 13.9. The Labute approximate surface area is 188 Å². The van der Waals surface area contributed by atoms with E-state index in [-0.39, 0.29) is 11.6 Å². The molecular formula is C24H21F2N5O2. The number of carbonyl (C=O) groups is 1. The SMILES string of the molecule is O=C(O)N1CCC(n2cc(-c3cnc4[nH]cc(C=Cc5cc(F)ccc5F)c4c3)cn2)CC1. The van der Waals surface area contributed by atoms with Gasteiger partial charge in [-0.15, -0.1) is 0 Å². The molecule has 0 unspecified atom stereocenters. The van der Waals surface area contributed by atoms with Gasteiger partial charge in [0.15, 0.2) is 0 Å². The molecule has 1 saturated heterocycles. The molecule has 9 heteroatoms. The van der Waals surface area contributed by atoms with Crippen LogP contribution in [-0.4, -0.2) is 48.9 Å². The number of amides is 1. The van der Waals surface area contributed by atoms with E-state index in [9.17, 15) is 13.6 Å². The largest absolute Gasteiger partial charge is 0.465 e. The number of pyridine rings is 1. The second-order valence-corrected chi connectivity index (χ2v) is 8.07. The summed E-state index contributed by atoms with van der Waals surface area (Å²) >= 11 is 0. The first-order chi connectivity index (χ1) is 16.0. The van der Waals surface area contributed by atoms with Crippen molar-refractivity contribution < 1.29 is 18.7 Å². The molecule has 33 heavy (non-hydrogen) atoms. The minimum Gasteiger partial charge on any atom is -0.465 e. The number of nitrogens with one attached hydrogen (secondary N) is 1. The predicted octanol–water partition coefficient (Wildman–Crippen LogP) is 5.19. The summed E-state index contributed by atoms with van der Waals surface area (Å²) in [6, 6.07) is 5.48. The topological polar surface area (TPSA) is 87.0 Å². The molecular weight excluding hydrogens is 428 g/mol. The van der Waals surface area contributed by atoms with Crippen molar-refractivity contribution in [2.45, 2.75) is 18.9 Å². The number of nitrogens with zero attached hydrogens (tertiary/aromatic N) is 4. The van der Waals surface area contributed by atoms with E-state index in [4.69, 9.17) is 5.11 Å². The van der Waals surface area contributed by atoms with Crippen LogP contribution < -0.4 is 0 Å². The Bertz CT molecular complexity index is 1350. The quantitative estimate of drug-likeness (QED) is 0.449. The third-order valence-corrected chi connectivity index (χ3v) is 6.01. The van der Waals surface area contributed by atoms with E-state index in [2.05, 4.69) is 15.1 Å². The third-order valence-electron chi connectivity index (χ3n) is 6.01. The van der Waals surface area contributed by atoms with Gasteiger partial charge in [-0.3, -0.25) is 4.68 Å². The number of aromatic nitrogens is 4. The van der Waals surface area contributed by atoms with Crippen LogP contribution in [-0.2, 0) is 0 Å². The molecule has 5 rings (SSSR count). The lowest BCUT2D eigenvalue weighted by atomic mass is 10.1. The lowest BCUT2D eigenvalue weighted by Gasteiger charge is -2.30. The van der Waals surface area contributed by atoms with Crippen LogP contribution in [0, 0.1) is 11.6 Å². The zero-order valence-corrected chi connectivity index (χ0v) is 17.6. The number of likely N-dealkylation sites (tertiary alicyclic amines) is 1. The van der Waals surface area contributed by atoms with Crippen LogP contribution in [0.3, 0.4) is 0 Å². The summed E-state index contributed by atoms with van der Waals surface area (Å²) < 4.78 is 29.3. The van der Waals surface area contributed by atoms with Crippen LogP contribution in [0.5, 0.6) is 0 Å². The number of fused-ring (bicyclic) bond motifs is 1. The number of benzene rings is 1. The van der Waals surface area contributed by atoms with Gasteiger partial charge in [0.25, 0.3) is 0 Å². The Balaban J connectivity index is 1.39. The summed E-state index contributed by atoms with van der Waals surface area (Å²) in [5.41, 5.74) is 3.44. The summed E-state index contributed by atoms with van der Waals surface area (Å²) in [6.07, 6.45) is 11.1. The van der Waals surface area contributed by atoms with Crippen molar-refractivity contribution in [3.63, 3.8) is 0 Å². The second-order valence-electron chi connectivity index (χ2n) is 8.07. The van der Waals surface area contributed by atoms with Crippen molar-refractivity contribution in [3.05, 3.63) is 71.8 Å². The van der Waals surface area contributed by atoms with Gasteiger partial charge in [-0.1, -0.05) is 12.2 Å². The summed E-state index contributed by atoms with van der Waals surface area (Å²) in [5.74, 6) is -0.988. The number of carboxylic acid groups (broad SMARTS) is 1. The molecule has 0 bridgehead atoms. The fourth-order valence-electron chi connectivity index (χ4n) is 4.15. The maximum absolute atomic E-state index is 13.9. The van der Waals surface area contributed by atoms with E-state index in [1.165, 1.54) is 11.0 Å². The lowest BCUT2D eigenvalue weighted by molar-refractivity contribution is 0.124. The van der Waals surface area contributed by atoms with Crippen molar-refractivity contribution in [2.24, 2.45) is 0 Å². The van der Waals surface area contributed by atoms with Gasteiger partial charge in [0.05, 0.1) is 12.2 Å². The number of halogens is 2. The number of rotatable bonds is 4. The molecule has 4 heterocycles. The zero-order valence-electron chi connectivity index (χ0n) is 17.6. The van der Waals surface area contributed by atoms with Crippen molar-refractivity contribution in [1.29, 1.82) is 0 Å². The van der Waals surface area contributed by atoms with Crippen LogP contribution in [0.4, 0.5) is 13.6 Å². The Morgan fingerprint density at radius 3 is 2.67 bits per heavy atom. The molecule has 7 nitrogen and oxygen atoms in total. The minimum atomic E-state index is -0.884. The normalized spacial score (nSPS) is 15.0. The average Bonchev–Trinajstić information content (AvgIpc) is 3.47. The highest BCUT2D eigenvalue weighted by molar-refractivity contribution is 5.91. The van der Waals surface area contributed by atoms with Crippen LogP contribution in [0.2, 0.25) is 0 Å². The van der Waals surface area contributed by atoms with Gasteiger partial charge < -0.3 is 15.0 Å². The summed E-state index contributed by atoms with van der Waals surface area (Å²) in [7, 11) is 0. The highest BCUT2D eigenvalue weighted by Crippen LogP contribution is 2.28. The van der Waals surface area contributed by atoms with E-state index in [1.54, 1.807) is 24.7 Å². The Morgan fingerprint density at radius 2 is 1.88 bits per heavy atom. The zero-order chi connectivity index (χ0) is 22.9. The monoisotopic (exact) mass is 449 g/mol. The maximum Gasteiger partial charge on any atom is 0.407 e. The number of piperidine rings is 1. The smallest absolute Gasteiger partial charge is 0.407 e. The molecule has 0 spiro atoms. The molecule has 4 aromatic rings. The number of hydrogen-bond donors (Lipinski definition) is 2. The number of aromatic amines is 1. The Hall–Kier alpha value is -4.01. The van der Waals surface area contributed by atoms with Crippen LogP contribution >= 0.6 is 0 Å². The van der Waals surface area contributed by atoms with Gasteiger partial charge in [-0.25, -0.2) is 18.6 Å². The molecule has 3 aromatic heterocycles. The van der Waals surface area contributed by atoms with E-state index in [0.29, 0.717) is 31.6 Å². The van der Waals surface area contributed by atoms with E-state index in [0.717, 1.165) is 40.3 Å². The first-order valence-corrected chi connectivity index (χ1v) is 10.6. The number of hydrogen-bond acceptors (Lipinski definition) is 3. The summed E-state index contributed by atoms with van der Waals surface area (Å²) in [4.78, 5) is 20.1. The van der Waals surface area contributed by atoms with Gasteiger partial charge in [0.1, 0.15) is 17.3 Å². The second kappa shape index (κ2) is 8.50. The van der Waals surface area contributed by atoms with Gasteiger partial charge >= 0.3 is 6.09 Å². The predicted molar refractivity (Wildman–Crippen MR) is 120 cm³/mol. The van der Waals surface area contributed by atoms with Crippen LogP contribution in [0.25, 0.3) is 34.3 Å². The molecule has 1 aliphatic rings. The summed E-state index contributed by atoms with van der Waals surface area (Å²) in [5, 5.41) is 14.5. The van der Waals surface area contributed by atoms with Crippen molar-refractivity contribution in [2.75, 3.05) is 13.1 Å². The van der Waals surface area contributed by atoms with Crippen molar-refractivity contribution in [1.82, 2.24) is 24.6 Å². The molecule has 168 valence electrons. The fourth-order valence-corrected chi connectivity index (χ4v) is 4.15. The van der Waals surface area contributed by atoms with E-state index in [1.807, 2.05) is 16.9 Å². The molecule has 1 amide bonds. The fraction of sp³-hybridized carbons (Fsp3) is 0.208. The first kappa shape index (κ1) is 20.9. The third kappa shape index (κ3) is 4.21. The lowest BCUT2D eigenvalue weighted by Crippen LogP contribution is -2.38. The van der Waals surface area contributed by atoms with Crippen molar-refractivity contribution in [3.8, 4) is 11.1 Å². The highest BCUT2D eigenvalue weighted by atomic mass is 19.1. The molecule has 1 aromatic carbocycles. The average molecular weight is 449 g/mol. The van der Waals surface area contributed by atoms with E-state index >= 15 is 0 Å². The molecule has 0 aliphatic carbocycles. The standard InChI is InChI=1S/C24H21F2N5O2/c25-19-3-4-22(26)15(9-19)1-2-16-11-27-23-21(16)10-17(12-28-23)18-13-29-31(14-18)20-5-7-30(8-6-20)24(32)33/h1-4,9-14,20H,5-8H2,(H,27,28)(H,32,33). The van der Waals surface area contributed by atoms with Crippen molar-refractivity contribution >= 4 is 29.3 Å². The van der Waals surface area contributed by atoms with Gasteiger partial charge in [-0.2, -0.15) is 5.10 Å². The summed E-state index contributed by atoms with van der Waals surface area (Å²) in [6.45, 7) is 0.987. The first-order valence-electron chi connectivity index (χ1n) is 10.6. The molecule has 0 radical (unpaired) electrons. The van der Waals surface area contributed by atoms with Gasteiger partial charge in [0, 0.05) is 59.3 Å². The van der Waals surface area contributed by atoms with Gasteiger partial charge in [-0.05, 0) is 37.1 Å². The van der Waals surface area contributed by atoms with Crippen LogP contribution in [0.15, 0.2) is 49.1 Å². The number of H-pyrrole nitrogens is 1. The van der Waals surface area contributed by atoms with Gasteiger partial charge in [0.2, 0.25) is 0 Å². The van der Waals surface area contributed by atoms with E-state index < -0.39 is 17.7 Å². The molecule has 1 fully saturated rings. The molecule has 1 aliphatic heterocycles. The highest BCUT2D eigenvalue weighted by Gasteiger charge is 2.24. The molecule has 0 atom stereocenters. The van der Waals surface area contributed by atoms with Crippen LogP contribution in [0.1, 0.15) is 30.0 Å². The Kier molecular flexibility index (Phi) is 5.37. The molecule has 2 N–H and O–H groups in total. The minimum absolute atomic E-state index is 0.151.